The third kappa shape index (κ3) is 4.93. The molecule has 0 fully saturated rings. The molecule has 4 rings (SSSR count). The van der Waals surface area contributed by atoms with Crippen LogP contribution in [0, 0.1) is 12.7 Å². The summed E-state index contributed by atoms with van der Waals surface area (Å²) in [7, 11) is 3.00. The Morgan fingerprint density at radius 3 is 2.76 bits per heavy atom. The molecule has 4 aromatic rings. The van der Waals surface area contributed by atoms with Gasteiger partial charge in [0.1, 0.15) is 12.4 Å². The van der Waals surface area contributed by atoms with E-state index in [1.807, 2.05) is 6.07 Å². The first kappa shape index (κ1) is 23.8. The number of aryl methyl sites for hydroxylation is 1. The summed E-state index contributed by atoms with van der Waals surface area (Å²) in [5.41, 5.74) is 1.54. The average molecular weight is 503 g/mol. The van der Waals surface area contributed by atoms with Gasteiger partial charge in [0.05, 0.1) is 34.6 Å². The summed E-state index contributed by atoms with van der Waals surface area (Å²) in [6.45, 7) is 2.53. The number of thiazole rings is 1. The Morgan fingerprint density at radius 1 is 1.18 bits per heavy atom. The lowest BCUT2D eigenvalue weighted by Crippen LogP contribution is -2.14. The first-order chi connectivity index (χ1) is 16.4. The van der Waals surface area contributed by atoms with Gasteiger partial charge in [-0.05, 0) is 31.2 Å². The van der Waals surface area contributed by atoms with Crippen LogP contribution in [-0.4, -0.2) is 48.3 Å². The first-order valence-corrected chi connectivity index (χ1v) is 11.3. The lowest BCUT2D eigenvalue weighted by molar-refractivity contribution is 0.102. The molecule has 0 spiro atoms. The molecule has 11 heteroatoms. The van der Waals surface area contributed by atoms with Crippen LogP contribution < -0.4 is 14.8 Å². The lowest BCUT2D eigenvalue weighted by atomic mass is 9.98. The number of aromatic nitrogens is 3. The second kappa shape index (κ2) is 10.3. The van der Waals surface area contributed by atoms with E-state index in [-0.39, 0.29) is 21.9 Å². The van der Waals surface area contributed by atoms with Crippen molar-refractivity contribution in [3.8, 4) is 22.8 Å². The van der Waals surface area contributed by atoms with Crippen molar-refractivity contribution in [3.63, 3.8) is 0 Å². The molecule has 3 aromatic heterocycles. The van der Waals surface area contributed by atoms with Crippen LogP contribution in [0.25, 0.3) is 21.5 Å². The number of carbonyl (C=O) groups is 1. The van der Waals surface area contributed by atoms with E-state index in [4.69, 9.17) is 25.8 Å². The molecule has 0 aliphatic carbocycles. The van der Waals surface area contributed by atoms with Gasteiger partial charge < -0.3 is 14.2 Å². The third-order valence-electron chi connectivity index (χ3n) is 4.82. The molecule has 0 bridgehead atoms. The highest BCUT2D eigenvalue weighted by molar-refractivity contribution is 7.22. The number of nitrogens with one attached hydrogen (secondary N) is 1. The smallest absolute Gasteiger partial charge is 0.259 e. The van der Waals surface area contributed by atoms with Crippen molar-refractivity contribution in [2.24, 2.45) is 0 Å². The van der Waals surface area contributed by atoms with Gasteiger partial charge in [0.25, 0.3) is 5.91 Å². The standard InChI is InChI=1S/C23H20ClFN4O4S/c1-12-10-13(19-16(32-3)5-4-15(24)20(19)25)14(11-26-12)22(30)29-23-28-21-17(34-23)6-7-18(27-21)33-9-8-31-2/h4-7,10-11H,8-9H2,1-3H3,(H,27,28,29,30). The fraction of sp³-hybridized carbons (Fsp3) is 0.217. The molecule has 3 heterocycles. The number of pyridine rings is 2. The number of amides is 1. The van der Waals surface area contributed by atoms with E-state index in [0.717, 1.165) is 4.70 Å². The highest BCUT2D eigenvalue weighted by Crippen LogP contribution is 2.38. The van der Waals surface area contributed by atoms with Crippen LogP contribution in [0.1, 0.15) is 16.1 Å². The zero-order chi connectivity index (χ0) is 24.2. The van der Waals surface area contributed by atoms with Gasteiger partial charge in [-0.15, -0.1) is 0 Å². The van der Waals surface area contributed by atoms with Crippen molar-refractivity contribution in [2.75, 3.05) is 32.8 Å². The van der Waals surface area contributed by atoms with Gasteiger partial charge in [-0.1, -0.05) is 22.9 Å². The molecular formula is C23H20ClFN4O4S. The summed E-state index contributed by atoms with van der Waals surface area (Å²) in [4.78, 5) is 26.1. The van der Waals surface area contributed by atoms with Crippen LogP contribution in [-0.2, 0) is 4.74 Å². The topological polar surface area (TPSA) is 95.5 Å². The van der Waals surface area contributed by atoms with Crippen LogP contribution in [0.15, 0.2) is 36.5 Å². The third-order valence-corrected chi connectivity index (χ3v) is 6.03. The van der Waals surface area contributed by atoms with Gasteiger partial charge in [0.15, 0.2) is 16.6 Å². The Balaban J connectivity index is 1.66. The van der Waals surface area contributed by atoms with E-state index < -0.39 is 11.7 Å². The van der Waals surface area contributed by atoms with E-state index in [2.05, 4.69) is 20.3 Å². The van der Waals surface area contributed by atoms with Crippen LogP contribution in [0.2, 0.25) is 5.02 Å². The minimum atomic E-state index is -0.689. The Bertz CT molecular complexity index is 1360. The quantitative estimate of drug-likeness (QED) is 0.333. The molecule has 1 amide bonds. The van der Waals surface area contributed by atoms with Gasteiger partial charge in [-0.25, -0.2) is 4.39 Å². The van der Waals surface area contributed by atoms with Gasteiger partial charge >= 0.3 is 0 Å². The summed E-state index contributed by atoms with van der Waals surface area (Å²) in [6.07, 6.45) is 1.38. The number of halogens is 2. The van der Waals surface area contributed by atoms with Crippen molar-refractivity contribution in [1.82, 2.24) is 15.0 Å². The summed E-state index contributed by atoms with van der Waals surface area (Å²) < 4.78 is 31.6. The van der Waals surface area contributed by atoms with Gasteiger partial charge in [-0.3, -0.25) is 15.1 Å². The molecule has 176 valence electrons. The summed E-state index contributed by atoms with van der Waals surface area (Å²) in [6, 6.07) is 8.08. The second-order valence-electron chi connectivity index (χ2n) is 7.10. The zero-order valence-electron chi connectivity index (χ0n) is 18.5. The maximum atomic E-state index is 15.0. The molecule has 0 saturated carbocycles. The number of anilines is 1. The lowest BCUT2D eigenvalue weighted by Gasteiger charge is -2.14. The minimum absolute atomic E-state index is 0.0782. The number of nitrogens with zero attached hydrogens (tertiary/aromatic N) is 3. The van der Waals surface area contributed by atoms with E-state index in [0.29, 0.717) is 41.1 Å². The number of methoxy groups -OCH3 is 2. The maximum Gasteiger partial charge on any atom is 0.259 e. The number of fused-ring (bicyclic) bond motifs is 1. The van der Waals surface area contributed by atoms with Crippen molar-refractivity contribution in [1.29, 1.82) is 0 Å². The van der Waals surface area contributed by atoms with Crippen molar-refractivity contribution in [2.45, 2.75) is 6.92 Å². The summed E-state index contributed by atoms with van der Waals surface area (Å²) >= 11 is 7.26. The molecule has 8 nitrogen and oxygen atoms in total. The summed E-state index contributed by atoms with van der Waals surface area (Å²) in [5, 5.41) is 2.99. The van der Waals surface area contributed by atoms with Crippen LogP contribution in [0.5, 0.6) is 11.6 Å². The van der Waals surface area contributed by atoms with Gasteiger partial charge in [-0.2, -0.15) is 9.97 Å². The maximum absolute atomic E-state index is 15.0. The Morgan fingerprint density at radius 2 is 2.00 bits per heavy atom. The Labute approximate surface area is 203 Å². The first-order valence-electron chi connectivity index (χ1n) is 10.1. The van der Waals surface area contributed by atoms with Gasteiger partial charge in [0.2, 0.25) is 5.88 Å². The second-order valence-corrected chi connectivity index (χ2v) is 8.53. The fourth-order valence-corrected chi connectivity index (χ4v) is 4.19. The molecule has 0 unspecified atom stereocenters. The molecule has 0 saturated heterocycles. The Hall–Kier alpha value is -3.34. The largest absolute Gasteiger partial charge is 0.496 e. The minimum Gasteiger partial charge on any atom is -0.496 e. The average Bonchev–Trinajstić information content (AvgIpc) is 3.22. The predicted octanol–water partition coefficient (Wildman–Crippen LogP) is 5.14. The zero-order valence-corrected chi connectivity index (χ0v) is 20.1. The monoisotopic (exact) mass is 502 g/mol. The number of benzene rings is 1. The number of rotatable bonds is 8. The van der Waals surface area contributed by atoms with E-state index in [1.54, 1.807) is 32.2 Å². The molecule has 0 atom stereocenters. The van der Waals surface area contributed by atoms with E-state index >= 15 is 4.39 Å². The van der Waals surface area contributed by atoms with Crippen LogP contribution in [0.4, 0.5) is 9.52 Å². The van der Waals surface area contributed by atoms with Crippen molar-refractivity contribution in [3.05, 3.63) is 58.6 Å². The Kier molecular flexibility index (Phi) is 7.20. The molecule has 0 aliphatic heterocycles. The van der Waals surface area contributed by atoms with Crippen LogP contribution in [0.3, 0.4) is 0 Å². The highest BCUT2D eigenvalue weighted by atomic mass is 35.5. The SMILES string of the molecule is COCCOc1ccc2sc(NC(=O)c3cnc(C)cc3-c3c(OC)ccc(Cl)c3F)nc2n1. The molecule has 34 heavy (non-hydrogen) atoms. The predicted molar refractivity (Wildman–Crippen MR) is 129 cm³/mol. The number of hydrogen-bond donors (Lipinski definition) is 1. The molecular weight excluding hydrogens is 483 g/mol. The number of hydrogen-bond acceptors (Lipinski definition) is 8. The van der Waals surface area contributed by atoms with E-state index in [9.17, 15) is 4.79 Å². The van der Waals surface area contributed by atoms with Crippen LogP contribution >= 0.6 is 22.9 Å². The van der Waals surface area contributed by atoms with E-state index in [1.165, 1.54) is 30.7 Å². The molecule has 0 radical (unpaired) electrons. The van der Waals surface area contributed by atoms with Crippen molar-refractivity contribution >= 4 is 44.3 Å². The molecule has 0 aliphatic rings. The number of carbonyl (C=O) groups excluding carboxylic acids is 1. The molecule has 1 aromatic carbocycles. The number of ether oxygens (including phenoxy) is 3. The highest BCUT2D eigenvalue weighted by Gasteiger charge is 2.23. The normalized spacial score (nSPS) is 11.0. The molecule has 1 N–H and O–H groups in total. The van der Waals surface area contributed by atoms with Gasteiger partial charge in [0, 0.05) is 30.6 Å². The summed E-state index contributed by atoms with van der Waals surface area (Å²) in [5.74, 6) is -0.557. The van der Waals surface area contributed by atoms with Crippen molar-refractivity contribution < 1.29 is 23.4 Å². The fourth-order valence-electron chi connectivity index (χ4n) is 3.23.